The van der Waals surface area contributed by atoms with Crippen LogP contribution in [0.5, 0.6) is 0 Å². The number of nitrogens with one attached hydrogen (secondary N) is 2. The molecule has 1 aliphatic heterocycles. The van der Waals surface area contributed by atoms with E-state index in [1.807, 2.05) is 13.0 Å². The third-order valence-electron chi connectivity index (χ3n) is 12.3. The summed E-state index contributed by atoms with van der Waals surface area (Å²) in [5, 5.41) is 11.8. The van der Waals surface area contributed by atoms with Crippen molar-refractivity contribution < 1.29 is 37.8 Å². The van der Waals surface area contributed by atoms with E-state index in [2.05, 4.69) is 10.6 Å². The first kappa shape index (κ1) is 47.8. The first-order valence-electron chi connectivity index (χ1n) is 22.9. The van der Waals surface area contributed by atoms with Gasteiger partial charge in [0.25, 0.3) is 11.5 Å². The quantitative estimate of drug-likeness (QED) is 0.126. The summed E-state index contributed by atoms with van der Waals surface area (Å²) in [4.78, 5) is 70.3. The van der Waals surface area contributed by atoms with Crippen LogP contribution in [0.4, 0.5) is 14.0 Å². The summed E-state index contributed by atoms with van der Waals surface area (Å²) in [5.41, 5.74) is 8.92. The lowest BCUT2D eigenvalue weighted by Gasteiger charge is -2.35. The Balaban J connectivity index is 1.06. The fourth-order valence-electron chi connectivity index (χ4n) is 8.33. The molecule has 17 heteroatoms. The Hall–Kier alpha value is -5.71. The van der Waals surface area contributed by atoms with Crippen molar-refractivity contribution in [3.63, 3.8) is 0 Å². The van der Waals surface area contributed by atoms with Crippen molar-refractivity contribution in [1.82, 2.24) is 35.1 Å². The van der Waals surface area contributed by atoms with E-state index >= 15 is 4.39 Å². The first-order valence-corrected chi connectivity index (χ1v) is 22.9. The molecule has 0 spiro atoms. The highest BCUT2D eigenvalue weighted by Crippen LogP contribution is 2.31. The number of aromatic nitrogens is 2. The number of amides is 4. The van der Waals surface area contributed by atoms with Crippen molar-refractivity contribution in [1.29, 1.82) is 0 Å². The van der Waals surface area contributed by atoms with E-state index in [1.165, 1.54) is 28.8 Å². The number of hydrogen-bond donors (Lipinski definition) is 3. The van der Waals surface area contributed by atoms with Gasteiger partial charge < -0.3 is 40.4 Å². The summed E-state index contributed by atoms with van der Waals surface area (Å²) in [6, 6.07) is 11.5. The predicted octanol–water partition coefficient (Wildman–Crippen LogP) is 5.65. The standard InChI is InChI=1S/C47H65FN8O8/c1-4-34(11-6-5-9-22-51-41-21-19-35(63-46(60)50-2)12-10-15-40(41)49)64-47(61)55(27-28-62-3)31-56-45(59)37-14-8-7-13-36(37)42(52-56)30-32-16-20-39(48)38(29-32)44(58)54-25-23-53(24-26-54)43(57)33-17-18-33/h7-8,13-14,16,20,29,33-35,51H,4-6,9-12,15,17-19,21-28,30-31,49H2,1-3H3,(H,50,60)/b41-40-. The van der Waals surface area contributed by atoms with E-state index in [0.717, 1.165) is 69.3 Å². The summed E-state index contributed by atoms with van der Waals surface area (Å²) >= 11 is 0. The molecule has 1 saturated heterocycles. The highest BCUT2D eigenvalue weighted by atomic mass is 19.1. The Kier molecular flexibility index (Phi) is 17.4. The molecule has 16 nitrogen and oxygen atoms in total. The van der Waals surface area contributed by atoms with Crippen LogP contribution in [0.15, 0.2) is 58.7 Å². The molecule has 1 saturated carbocycles. The molecule has 0 radical (unpaired) electrons. The molecule has 0 bridgehead atoms. The number of halogens is 1. The molecule has 4 amide bonds. The van der Waals surface area contributed by atoms with Crippen LogP contribution in [-0.2, 0) is 32.1 Å². The van der Waals surface area contributed by atoms with Crippen molar-refractivity contribution in [3.8, 4) is 0 Å². The summed E-state index contributed by atoms with van der Waals surface area (Å²) < 4.78 is 33.3. The van der Waals surface area contributed by atoms with Crippen molar-refractivity contribution in [3.05, 3.63) is 86.9 Å². The van der Waals surface area contributed by atoms with Crippen LogP contribution in [-0.4, -0.2) is 121 Å². The molecule has 348 valence electrons. The summed E-state index contributed by atoms with van der Waals surface area (Å²) in [6.45, 7) is 4.37. The minimum Gasteiger partial charge on any atom is -0.446 e. The molecule has 2 aromatic carbocycles. The lowest BCUT2D eigenvalue weighted by Crippen LogP contribution is -2.51. The molecule has 3 aliphatic rings. The van der Waals surface area contributed by atoms with Gasteiger partial charge in [0.05, 0.1) is 23.3 Å². The van der Waals surface area contributed by atoms with E-state index in [9.17, 15) is 24.0 Å². The zero-order chi connectivity index (χ0) is 45.6. The fourth-order valence-corrected chi connectivity index (χ4v) is 8.33. The number of piperazine rings is 1. The number of allylic oxidation sites excluding steroid dienone is 2. The number of nitrogens with zero attached hydrogens (tertiary/aromatic N) is 5. The van der Waals surface area contributed by atoms with Crippen LogP contribution >= 0.6 is 0 Å². The number of nitrogens with two attached hydrogens (primary N) is 1. The number of ether oxygens (including phenoxy) is 3. The number of alkyl carbamates (subject to hydrolysis) is 1. The summed E-state index contributed by atoms with van der Waals surface area (Å²) in [7, 11) is 3.09. The topological polar surface area (TPSA) is 191 Å². The van der Waals surface area contributed by atoms with Crippen LogP contribution < -0.4 is 21.9 Å². The highest BCUT2D eigenvalue weighted by Gasteiger charge is 2.35. The Morgan fingerprint density at radius 2 is 1.72 bits per heavy atom. The number of carbonyl (C=O) groups is 4. The lowest BCUT2D eigenvalue weighted by molar-refractivity contribution is -0.134. The van der Waals surface area contributed by atoms with Gasteiger partial charge in [-0.1, -0.05) is 37.6 Å². The molecule has 6 rings (SSSR count). The SMILES string of the molecule is CCC(CCCCCN/C1=C(\N)CCCC(OC(=O)NC)CC1)OC(=O)N(CCOC)Cn1nc(Cc2ccc(F)c(C(=O)N3CCN(C(=O)C4CC4)CC3)c2)c2ccccc2c1=O. The van der Waals surface area contributed by atoms with Crippen molar-refractivity contribution in [2.24, 2.45) is 11.7 Å². The molecular formula is C47H65FN8O8. The van der Waals surface area contributed by atoms with Gasteiger partial charge in [-0.25, -0.2) is 18.7 Å². The monoisotopic (exact) mass is 888 g/mol. The average Bonchev–Trinajstić information content (AvgIpc) is 4.16. The largest absolute Gasteiger partial charge is 0.446 e. The van der Waals surface area contributed by atoms with Crippen LogP contribution in [0.1, 0.15) is 106 Å². The smallest absolute Gasteiger partial charge is 0.411 e. The van der Waals surface area contributed by atoms with Gasteiger partial charge in [0, 0.05) is 82.5 Å². The highest BCUT2D eigenvalue weighted by molar-refractivity contribution is 5.95. The number of unbranched alkanes of at least 4 members (excludes halogenated alkanes) is 2. The minimum absolute atomic E-state index is 0.0637. The third kappa shape index (κ3) is 12.9. The Morgan fingerprint density at radius 3 is 2.44 bits per heavy atom. The van der Waals surface area contributed by atoms with Gasteiger partial charge in [0.2, 0.25) is 5.91 Å². The normalized spacial score (nSPS) is 18.5. The minimum atomic E-state index is -0.641. The second-order valence-electron chi connectivity index (χ2n) is 17.0. The van der Waals surface area contributed by atoms with Crippen LogP contribution in [0.2, 0.25) is 0 Å². The Bertz CT molecular complexity index is 2190. The van der Waals surface area contributed by atoms with E-state index in [1.54, 1.807) is 41.1 Å². The van der Waals surface area contributed by atoms with Gasteiger partial charge in [-0.15, -0.1) is 0 Å². The number of benzene rings is 2. The molecule has 2 aliphatic carbocycles. The molecule has 2 unspecified atom stereocenters. The van der Waals surface area contributed by atoms with Crippen LogP contribution in [0.25, 0.3) is 10.8 Å². The molecule has 1 aromatic heterocycles. The Morgan fingerprint density at radius 1 is 0.969 bits per heavy atom. The van der Waals surface area contributed by atoms with Crippen LogP contribution in [0.3, 0.4) is 0 Å². The van der Waals surface area contributed by atoms with Crippen molar-refractivity contribution in [2.75, 3.05) is 60.0 Å². The van der Waals surface area contributed by atoms with Gasteiger partial charge >= 0.3 is 12.2 Å². The van der Waals surface area contributed by atoms with Crippen molar-refractivity contribution in [2.45, 2.75) is 109 Å². The van der Waals surface area contributed by atoms with Crippen LogP contribution in [0, 0.1) is 11.7 Å². The summed E-state index contributed by atoms with van der Waals surface area (Å²) in [6.07, 6.45) is 8.25. The van der Waals surface area contributed by atoms with Gasteiger partial charge in [0.15, 0.2) is 0 Å². The van der Waals surface area contributed by atoms with Gasteiger partial charge in [-0.05, 0) is 94.4 Å². The maximum absolute atomic E-state index is 15.2. The maximum atomic E-state index is 15.2. The van der Waals surface area contributed by atoms with Crippen molar-refractivity contribution >= 4 is 34.8 Å². The van der Waals surface area contributed by atoms with E-state index in [4.69, 9.17) is 25.0 Å². The number of methoxy groups -OCH3 is 1. The second kappa shape index (κ2) is 23.3. The zero-order valence-electron chi connectivity index (χ0n) is 37.6. The molecule has 4 N–H and O–H groups in total. The third-order valence-corrected chi connectivity index (χ3v) is 12.3. The average molecular weight is 889 g/mol. The fraction of sp³-hybridized carbons (Fsp3) is 0.574. The van der Waals surface area contributed by atoms with E-state index < -0.39 is 29.5 Å². The number of carbonyl (C=O) groups excluding carboxylic acids is 4. The Labute approximate surface area is 374 Å². The molecule has 3 aromatic rings. The molecule has 2 heterocycles. The van der Waals surface area contributed by atoms with E-state index in [-0.39, 0.29) is 55.8 Å². The maximum Gasteiger partial charge on any atom is 0.411 e. The number of rotatable bonds is 19. The predicted molar refractivity (Wildman–Crippen MR) is 240 cm³/mol. The van der Waals surface area contributed by atoms with Gasteiger partial charge in [-0.3, -0.25) is 19.3 Å². The van der Waals surface area contributed by atoms with Gasteiger partial charge in [-0.2, -0.15) is 5.10 Å². The molecule has 2 fully saturated rings. The lowest BCUT2D eigenvalue weighted by atomic mass is 9.99. The number of hydrogen-bond acceptors (Lipinski definition) is 11. The molecule has 2 atom stereocenters. The molecular weight excluding hydrogens is 824 g/mol. The van der Waals surface area contributed by atoms with Gasteiger partial charge in [0.1, 0.15) is 24.7 Å². The molecule has 64 heavy (non-hydrogen) atoms. The second-order valence-corrected chi connectivity index (χ2v) is 17.0. The number of fused-ring (bicyclic) bond motifs is 1. The summed E-state index contributed by atoms with van der Waals surface area (Å²) in [5.74, 6) is -0.844. The first-order chi connectivity index (χ1) is 31.0. The zero-order valence-corrected chi connectivity index (χ0v) is 37.6. The van der Waals surface area contributed by atoms with E-state index in [0.29, 0.717) is 73.9 Å².